The van der Waals surface area contributed by atoms with Crippen LogP contribution in [0, 0.1) is 0 Å². The molecule has 0 spiro atoms. The van der Waals surface area contributed by atoms with E-state index in [0.29, 0.717) is 35.2 Å². The number of nitrogens with zero attached hydrogens (tertiary/aromatic N) is 1. The van der Waals surface area contributed by atoms with Gasteiger partial charge in [0.2, 0.25) is 5.91 Å². The number of carbonyl (C=O) groups is 2. The zero-order valence-electron chi connectivity index (χ0n) is 18.8. The summed E-state index contributed by atoms with van der Waals surface area (Å²) < 4.78 is 5.27. The minimum atomic E-state index is -0.238. The minimum absolute atomic E-state index is 0.0278. The molecule has 1 aliphatic heterocycles. The fourth-order valence-corrected chi connectivity index (χ4v) is 4.26. The normalized spacial score (nSPS) is 15.7. The summed E-state index contributed by atoms with van der Waals surface area (Å²) in [5, 5.41) is 5.79. The van der Waals surface area contributed by atoms with Crippen LogP contribution in [-0.4, -0.2) is 36.9 Å². The maximum atomic E-state index is 12.6. The van der Waals surface area contributed by atoms with Crippen LogP contribution in [0.4, 0.5) is 11.4 Å². The fraction of sp³-hybridized carbons (Fsp3) is 0.259. The molecule has 1 heterocycles. The quantitative estimate of drug-likeness (QED) is 0.507. The second kappa shape index (κ2) is 10.8. The van der Waals surface area contributed by atoms with Gasteiger partial charge in [-0.05, 0) is 61.3 Å². The van der Waals surface area contributed by atoms with E-state index in [1.165, 1.54) is 5.56 Å². The molecule has 0 aromatic heterocycles. The van der Waals surface area contributed by atoms with E-state index in [-0.39, 0.29) is 11.8 Å². The molecule has 6 nitrogen and oxygen atoms in total. The summed E-state index contributed by atoms with van der Waals surface area (Å²) in [7, 11) is 1.56. The number of benzene rings is 3. The molecule has 0 aliphatic carbocycles. The smallest absolute Gasteiger partial charge is 0.255 e. The van der Waals surface area contributed by atoms with Gasteiger partial charge in [0.15, 0.2) is 0 Å². The van der Waals surface area contributed by atoms with E-state index in [9.17, 15) is 9.59 Å². The molecule has 1 fully saturated rings. The van der Waals surface area contributed by atoms with E-state index in [0.717, 1.165) is 25.9 Å². The molecular weight excluding hydrogens is 414 g/mol. The molecule has 3 aromatic rings. The average Bonchev–Trinajstić information content (AvgIpc) is 3.33. The Morgan fingerprint density at radius 3 is 2.42 bits per heavy atom. The highest BCUT2D eigenvalue weighted by Gasteiger charge is 2.25. The van der Waals surface area contributed by atoms with E-state index >= 15 is 0 Å². The van der Waals surface area contributed by atoms with E-state index in [1.54, 1.807) is 43.5 Å². The summed E-state index contributed by atoms with van der Waals surface area (Å²) in [6, 6.07) is 25.0. The van der Waals surface area contributed by atoms with Gasteiger partial charge in [-0.25, -0.2) is 0 Å². The lowest BCUT2D eigenvalue weighted by Gasteiger charge is -2.24. The zero-order valence-corrected chi connectivity index (χ0v) is 18.8. The van der Waals surface area contributed by atoms with Crippen molar-refractivity contribution in [2.75, 3.05) is 30.8 Å². The van der Waals surface area contributed by atoms with Crippen molar-refractivity contribution in [2.45, 2.75) is 25.3 Å². The monoisotopic (exact) mass is 443 g/mol. The highest BCUT2D eigenvalue weighted by atomic mass is 16.5. The fourth-order valence-electron chi connectivity index (χ4n) is 4.26. The van der Waals surface area contributed by atoms with Crippen LogP contribution in [0.2, 0.25) is 0 Å². The molecule has 2 amide bonds. The summed E-state index contributed by atoms with van der Waals surface area (Å²) in [6.45, 7) is 1.74. The number of para-hydroxylation sites is 2. The second-order valence-corrected chi connectivity index (χ2v) is 8.13. The third-order valence-electron chi connectivity index (χ3n) is 5.96. The number of anilines is 2. The molecule has 1 atom stereocenters. The van der Waals surface area contributed by atoms with E-state index in [2.05, 4.69) is 39.8 Å². The van der Waals surface area contributed by atoms with E-state index < -0.39 is 0 Å². The number of rotatable bonds is 8. The molecular formula is C27H29N3O3. The maximum absolute atomic E-state index is 12.6. The third kappa shape index (κ3) is 5.79. The Labute approximate surface area is 194 Å². The minimum Gasteiger partial charge on any atom is -0.495 e. The zero-order chi connectivity index (χ0) is 23.0. The van der Waals surface area contributed by atoms with Crippen LogP contribution in [0.25, 0.3) is 0 Å². The van der Waals surface area contributed by atoms with Gasteiger partial charge in [-0.1, -0.05) is 42.5 Å². The van der Waals surface area contributed by atoms with Crippen LogP contribution in [0.3, 0.4) is 0 Å². The summed E-state index contributed by atoms with van der Waals surface area (Å²) in [5.41, 5.74) is 3.10. The Bertz CT molecular complexity index is 1080. The molecule has 6 heteroatoms. The first kappa shape index (κ1) is 22.6. The lowest BCUT2D eigenvalue weighted by molar-refractivity contribution is -0.116. The summed E-state index contributed by atoms with van der Waals surface area (Å²) >= 11 is 0. The number of amides is 2. The average molecular weight is 444 g/mol. The second-order valence-electron chi connectivity index (χ2n) is 8.13. The Hall–Kier alpha value is -3.64. The van der Waals surface area contributed by atoms with Crippen molar-refractivity contribution in [3.8, 4) is 5.75 Å². The number of hydrogen-bond donors (Lipinski definition) is 2. The predicted octanol–water partition coefficient (Wildman–Crippen LogP) is 5.11. The Kier molecular flexibility index (Phi) is 7.37. The first-order valence-electron chi connectivity index (χ1n) is 11.3. The first-order chi connectivity index (χ1) is 16.1. The van der Waals surface area contributed by atoms with Crippen molar-refractivity contribution in [3.05, 3.63) is 90.0 Å². The molecule has 0 radical (unpaired) electrons. The van der Waals surface area contributed by atoms with Crippen LogP contribution in [-0.2, 0) is 4.79 Å². The highest BCUT2D eigenvalue weighted by molar-refractivity contribution is 6.05. The molecule has 4 rings (SSSR count). The van der Waals surface area contributed by atoms with Crippen molar-refractivity contribution < 1.29 is 14.3 Å². The molecule has 33 heavy (non-hydrogen) atoms. The largest absolute Gasteiger partial charge is 0.495 e. The number of hydrogen-bond acceptors (Lipinski definition) is 4. The lowest BCUT2D eigenvalue weighted by atomic mass is 10.0. The number of likely N-dealkylation sites (tertiary alicyclic amines) is 1. The summed E-state index contributed by atoms with van der Waals surface area (Å²) in [4.78, 5) is 27.5. The van der Waals surface area contributed by atoms with Crippen LogP contribution >= 0.6 is 0 Å². The van der Waals surface area contributed by atoms with Gasteiger partial charge in [0, 0.05) is 30.3 Å². The van der Waals surface area contributed by atoms with E-state index in [4.69, 9.17) is 4.74 Å². The van der Waals surface area contributed by atoms with Crippen LogP contribution in [0.15, 0.2) is 78.9 Å². The first-order valence-corrected chi connectivity index (χ1v) is 11.3. The maximum Gasteiger partial charge on any atom is 0.255 e. The predicted molar refractivity (Wildman–Crippen MR) is 131 cm³/mol. The van der Waals surface area contributed by atoms with Gasteiger partial charge in [0.1, 0.15) is 5.75 Å². The van der Waals surface area contributed by atoms with E-state index in [1.807, 2.05) is 18.2 Å². The van der Waals surface area contributed by atoms with Gasteiger partial charge >= 0.3 is 0 Å². The van der Waals surface area contributed by atoms with Crippen LogP contribution in [0.5, 0.6) is 5.75 Å². The van der Waals surface area contributed by atoms with Crippen molar-refractivity contribution in [2.24, 2.45) is 0 Å². The Morgan fingerprint density at radius 2 is 1.67 bits per heavy atom. The standard InChI is InChI=1S/C27H29N3O3/c1-33-25-12-6-5-10-23(25)29-27(32)21-13-15-22(16-14-21)28-26(31)17-19-30-18-7-11-24(30)20-8-3-2-4-9-20/h2-6,8-10,12-16,24H,7,11,17-19H2,1H3,(H,28,31)(H,29,32). The van der Waals surface area contributed by atoms with Gasteiger partial charge in [0.25, 0.3) is 5.91 Å². The molecule has 0 bridgehead atoms. The van der Waals surface area contributed by atoms with Gasteiger partial charge in [-0.3, -0.25) is 14.5 Å². The number of ether oxygens (including phenoxy) is 1. The SMILES string of the molecule is COc1ccccc1NC(=O)c1ccc(NC(=O)CCN2CCCC2c2ccccc2)cc1. The van der Waals surface area contributed by atoms with Crippen molar-refractivity contribution in [1.29, 1.82) is 0 Å². The van der Waals surface area contributed by atoms with Crippen molar-refractivity contribution in [1.82, 2.24) is 4.90 Å². The molecule has 1 saturated heterocycles. The number of methoxy groups -OCH3 is 1. The summed E-state index contributed by atoms with van der Waals surface area (Å²) in [6.07, 6.45) is 2.71. The molecule has 2 N–H and O–H groups in total. The van der Waals surface area contributed by atoms with Crippen LogP contribution in [0.1, 0.15) is 41.2 Å². The van der Waals surface area contributed by atoms with Crippen molar-refractivity contribution >= 4 is 23.2 Å². The topological polar surface area (TPSA) is 70.7 Å². The highest BCUT2D eigenvalue weighted by Crippen LogP contribution is 2.31. The third-order valence-corrected chi connectivity index (χ3v) is 5.96. The van der Waals surface area contributed by atoms with Gasteiger partial charge in [-0.2, -0.15) is 0 Å². The Morgan fingerprint density at radius 1 is 0.939 bits per heavy atom. The summed E-state index contributed by atoms with van der Waals surface area (Å²) in [5.74, 6) is 0.334. The number of carbonyl (C=O) groups excluding carboxylic acids is 2. The van der Waals surface area contributed by atoms with Crippen molar-refractivity contribution in [3.63, 3.8) is 0 Å². The molecule has 1 unspecified atom stereocenters. The van der Waals surface area contributed by atoms with Crippen LogP contribution < -0.4 is 15.4 Å². The number of nitrogens with one attached hydrogen (secondary N) is 2. The van der Waals surface area contributed by atoms with Gasteiger partial charge in [-0.15, -0.1) is 0 Å². The molecule has 0 saturated carbocycles. The van der Waals surface area contributed by atoms with Gasteiger partial charge < -0.3 is 15.4 Å². The Balaban J connectivity index is 1.29. The molecule has 3 aromatic carbocycles. The lowest BCUT2D eigenvalue weighted by Crippen LogP contribution is -2.27. The molecule has 1 aliphatic rings. The van der Waals surface area contributed by atoms with Gasteiger partial charge in [0.05, 0.1) is 12.8 Å². The molecule has 170 valence electrons.